The van der Waals surface area contributed by atoms with Crippen LogP contribution in [0.3, 0.4) is 0 Å². The smallest absolute Gasteiger partial charge is 0.211 e. The van der Waals surface area contributed by atoms with Crippen LogP contribution in [0.25, 0.3) is 11.6 Å². The van der Waals surface area contributed by atoms with E-state index < -0.39 is 0 Å². The first kappa shape index (κ1) is 16.8. The number of fused-ring (bicyclic) bond motifs is 1. The Morgan fingerprint density at radius 3 is 2.96 bits per heavy atom. The summed E-state index contributed by atoms with van der Waals surface area (Å²) in [5.41, 5.74) is 3.58. The predicted molar refractivity (Wildman–Crippen MR) is 107 cm³/mol. The molecule has 0 spiro atoms. The first-order valence-electron chi connectivity index (χ1n) is 8.09. The molecule has 2 aromatic heterocycles. The van der Waals surface area contributed by atoms with Crippen molar-refractivity contribution in [3.05, 3.63) is 63.0 Å². The molecule has 4 rings (SSSR count). The normalized spacial score (nSPS) is 15.0. The first-order chi connectivity index (χ1) is 12.7. The van der Waals surface area contributed by atoms with Gasteiger partial charge in [0.15, 0.2) is 4.80 Å². The number of hydrogen-bond acceptors (Lipinski definition) is 5. The number of aromatic hydroxyl groups is 1. The van der Waals surface area contributed by atoms with Crippen molar-refractivity contribution in [3.63, 3.8) is 0 Å². The molecule has 0 atom stereocenters. The summed E-state index contributed by atoms with van der Waals surface area (Å²) >= 11 is 7.56. The Morgan fingerprint density at radius 1 is 1.31 bits per heavy atom. The van der Waals surface area contributed by atoms with Crippen LogP contribution in [0.15, 0.2) is 52.7 Å². The fourth-order valence-electron chi connectivity index (χ4n) is 2.74. The minimum atomic E-state index is 0.187. The van der Waals surface area contributed by atoms with Gasteiger partial charge in [-0.15, -0.1) is 0 Å². The Morgan fingerprint density at radius 2 is 2.15 bits per heavy atom. The molecule has 26 heavy (non-hydrogen) atoms. The van der Waals surface area contributed by atoms with Crippen molar-refractivity contribution in [1.82, 2.24) is 9.55 Å². The van der Waals surface area contributed by atoms with Gasteiger partial charge in [0.25, 0.3) is 0 Å². The van der Waals surface area contributed by atoms with Crippen molar-refractivity contribution < 1.29 is 5.11 Å². The monoisotopic (exact) mass is 382 g/mol. The van der Waals surface area contributed by atoms with E-state index in [4.69, 9.17) is 11.6 Å². The van der Waals surface area contributed by atoms with Crippen molar-refractivity contribution in [1.29, 1.82) is 0 Å². The van der Waals surface area contributed by atoms with Gasteiger partial charge in [0, 0.05) is 36.3 Å². The summed E-state index contributed by atoms with van der Waals surface area (Å²) < 4.78 is 1.76. The van der Waals surface area contributed by atoms with Gasteiger partial charge in [-0.05, 0) is 25.1 Å². The highest BCUT2D eigenvalue weighted by atomic mass is 35.5. The Bertz CT molecular complexity index is 1110. The molecule has 0 bridgehead atoms. The molecule has 1 N–H and O–H groups in total. The molecular formula is C19H15ClN4OS. The van der Waals surface area contributed by atoms with E-state index in [0.717, 1.165) is 21.7 Å². The lowest BCUT2D eigenvalue weighted by Crippen LogP contribution is -2.12. The molecule has 1 aliphatic heterocycles. The van der Waals surface area contributed by atoms with Crippen molar-refractivity contribution >= 4 is 52.2 Å². The van der Waals surface area contributed by atoms with E-state index in [9.17, 15) is 5.11 Å². The van der Waals surface area contributed by atoms with E-state index in [1.165, 1.54) is 11.3 Å². The van der Waals surface area contributed by atoms with Gasteiger partial charge >= 0.3 is 0 Å². The van der Waals surface area contributed by atoms with Gasteiger partial charge in [-0.1, -0.05) is 41.1 Å². The zero-order chi connectivity index (χ0) is 18.1. The summed E-state index contributed by atoms with van der Waals surface area (Å²) in [5, 5.41) is 11.1. The number of benzene rings is 1. The van der Waals surface area contributed by atoms with Crippen molar-refractivity contribution in [2.45, 2.75) is 13.5 Å². The SMILES string of the molecule is CCn1c(O)c(/C=C2\C=Nc3ccccc32)sc1=Nc1ccncc1Cl. The molecule has 3 heterocycles. The molecule has 130 valence electrons. The molecule has 1 aromatic carbocycles. The van der Waals surface area contributed by atoms with E-state index in [0.29, 0.717) is 22.1 Å². The van der Waals surface area contributed by atoms with Crippen LogP contribution in [0.1, 0.15) is 17.4 Å². The van der Waals surface area contributed by atoms with Gasteiger partial charge in [0.2, 0.25) is 5.88 Å². The number of para-hydroxylation sites is 1. The number of thiazole rings is 1. The van der Waals surface area contributed by atoms with Crippen LogP contribution in [0.2, 0.25) is 5.02 Å². The highest BCUT2D eigenvalue weighted by Crippen LogP contribution is 2.34. The average Bonchev–Trinajstić information content (AvgIpc) is 3.19. The van der Waals surface area contributed by atoms with Crippen LogP contribution in [0, 0.1) is 0 Å². The molecule has 0 aliphatic carbocycles. The first-order valence-corrected chi connectivity index (χ1v) is 9.29. The third-order valence-electron chi connectivity index (χ3n) is 4.04. The van der Waals surface area contributed by atoms with Gasteiger partial charge in [-0.25, -0.2) is 4.99 Å². The molecule has 0 unspecified atom stereocenters. The molecule has 7 heteroatoms. The number of allylic oxidation sites excluding steroid dienone is 1. The number of hydrogen-bond donors (Lipinski definition) is 1. The fourth-order valence-corrected chi connectivity index (χ4v) is 3.96. The number of aliphatic imine (C=N–C) groups is 1. The zero-order valence-corrected chi connectivity index (χ0v) is 15.5. The number of aromatic nitrogens is 2. The summed E-state index contributed by atoms with van der Waals surface area (Å²) in [7, 11) is 0. The maximum absolute atomic E-state index is 10.6. The lowest BCUT2D eigenvalue weighted by Gasteiger charge is -2.01. The Kier molecular flexibility index (Phi) is 4.44. The summed E-state index contributed by atoms with van der Waals surface area (Å²) in [6, 6.07) is 9.68. The van der Waals surface area contributed by atoms with Crippen LogP contribution < -0.4 is 4.80 Å². The van der Waals surface area contributed by atoms with Gasteiger partial charge in [-0.2, -0.15) is 0 Å². The lowest BCUT2D eigenvalue weighted by molar-refractivity contribution is 0.416. The van der Waals surface area contributed by atoms with Crippen LogP contribution in [0.5, 0.6) is 5.88 Å². The molecule has 0 fully saturated rings. The third-order valence-corrected chi connectivity index (χ3v) is 5.34. The number of nitrogens with zero attached hydrogens (tertiary/aromatic N) is 4. The summed E-state index contributed by atoms with van der Waals surface area (Å²) in [6.07, 6.45) is 6.95. The van der Waals surface area contributed by atoms with Gasteiger partial charge in [0.1, 0.15) is 0 Å². The second kappa shape index (κ2) is 6.90. The molecule has 5 nitrogen and oxygen atoms in total. The second-order valence-corrected chi connectivity index (χ2v) is 7.05. The van der Waals surface area contributed by atoms with E-state index >= 15 is 0 Å². The van der Waals surface area contributed by atoms with Crippen LogP contribution in [0.4, 0.5) is 11.4 Å². The molecule has 1 aliphatic rings. The molecule has 0 saturated heterocycles. The van der Waals surface area contributed by atoms with Crippen molar-refractivity contribution in [2.75, 3.05) is 0 Å². The third kappa shape index (κ3) is 2.98. The average molecular weight is 383 g/mol. The summed E-state index contributed by atoms with van der Waals surface area (Å²) in [5.74, 6) is 0.187. The quantitative estimate of drug-likeness (QED) is 0.706. The van der Waals surface area contributed by atoms with E-state index in [1.807, 2.05) is 43.5 Å². The molecule has 0 amide bonds. The summed E-state index contributed by atoms with van der Waals surface area (Å²) in [6.45, 7) is 2.56. The highest BCUT2D eigenvalue weighted by Gasteiger charge is 2.15. The number of pyridine rings is 1. The van der Waals surface area contributed by atoms with Crippen LogP contribution in [-0.4, -0.2) is 20.9 Å². The van der Waals surface area contributed by atoms with Crippen molar-refractivity contribution in [2.24, 2.45) is 9.98 Å². The Labute approximate surface area is 159 Å². The summed E-state index contributed by atoms with van der Waals surface area (Å²) in [4.78, 5) is 14.4. The minimum absolute atomic E-state index is 0.187. The Hall–Kier alpha value is -2.70. The molecular weight excluding hydrogens is 368 g/mol. The van der Waals surface area contributed by atoms with Gasteiger partial charge in [-0.3, -0.25) is 14.5 Å². The van der Waals surface area contributed by atoms with Crippen LogP contribution >= 0.6 is 22.9 Å². The standard InChI is InChI=1S/C19H15ClN4OS/c1-2-24-18(25)17(9-12-10-22-15-6-4-3-5-13(12)15)26-19(24)23-16-7-8-21-11-14(16)20/h3-11,25H,2H2,1H3/b12-9+,23-19?. The maximum Gasteiger partial charge on any atom is 0.211 e. The van der Waals surface area contributed by atoms with Gasteiger partial charge < -0.3 is 5.11 Å². The molecule has 3 aromatic rings. The number of rotatable bonds is 3. The van der Waals surface area contributed by atoms with Crippen LogP contribution in [-0.2, 0) is 6.54 Å². The fraction of sp³-hybridized carbons (Fsp3) is 0.105. The van der Waals surface area contributed by atoms with Crippen molar-refractivity contribution in [3.8, 4) is 5.88 Å². The van der Waals surface area contributed by atoms with E-state index in [-0.39, 0.29) is 5.88 Å². The minimum Gasteiger partial charge on any atom is -0.493 e. The highest BCUT2D eigenvalue weighted by molar-refractivity contribution is 7.10. The largest absolute Gasteiger partial charge is 0.493 e. The predicted octanol–water partition coefficient (Wildman–Crippen LogP) is 4.81. The Balaban J connectivity index is 1.83. The maximum atomic E-state index is 10.6. The second-order valence-electron chi connectivity index (χ2n) is 5.63. The van der Waals surface area contributed by atoms with E-state index in [2.05, 4.69) is 15.0 Å². The molecule has 0 saturated carbocycles. The van der Waals surface area contributed by atoms with Gasteiger partial charge in [0.05, 0.1) is 21.3 Å². The molecule has 0 radical (unpaired) electrons. The topological polar surface area (TPSA) is 62.8 Å². The number of halogens is 1. The lowest BCUT2D eigenvalue weighted by atomic mass is 10.1. The zero-order valence-electron chi connectivity index (χ0n) is 13.9. The van der Waals surface area contributed by atoms with E-state index in [1.54, 1.807) is 23.0 Å².